The molecule has 1 rings (SSSR count). The van der Waals surface area contributed by atoms with Crippen LogP contribution in [-0.4, -0.2) is 23.8 Å². The first-order valence-corrected chi connectivity index (χ1v) is 5.36. The van der Waals surface area contributed by atoms with Crippen LogP contribution in [0.2, 0.25) is 5.02 Å². The number of hydrogen-bond donors (Lipinski definition) is 3. The highest BCUT2D eigenvalue weighted by atomic mass is 35.5. The van der Waals surface area contributed by atoms with Crippen LogP contribution in [0, 0.1) is 11.7 Å². The van der Waals surface area contributed by atoms with Crippen molar-refractivity contribution in [2.75, 3.05) is 11.9 Å². The van der Waals surface area contributed by atoms with E-state index in [9.17, 15) is 17.6 Å². The van der Waals surface area contributed by atoms with Crippen molar-refractivity contribution in [3.05, 3.63) is 29.0 Å². The number of benzene rings is 1. The van der Waals surface area contributed by atoms with Gasteiger partial charge in [0.05, 0.1) is 5.02 Å². The van der Waals surface area contributed by atoms with Gasteiger partial charge in [-0.15, -0.1) is 0 Å². The van der Waals surface area contributed by atoms with E-state index < -0.39 is 30.3 Å². The second kappa shape index (κ2) is 5.96. The first kappa shape index (κ1) is 15.4. The smallest absolute Gasteiger partial charge is 0.400 e. The largest absolute Gasteiger partial charge is 0.409 e. The lowest BCUT2D eigenvalue weighted by molar-refractivity contribution is -0.152. The number of oxime groups is 1. The van der Waals surface area contributed by atoms with Crippen LogP contribution in [0.1, 0.15) is 0 Å². The molecule has 4 nitrogen and oxygen atoms in total. The number of nitrogens with one attached hydrogen (secondary N) is 1. The monoisotopic (exact) mass is 299 g/mol. The minimum absolute atomic E-state index is 0.0990. The highest BCUT2D eigenvalue weighted by Gasteiger charge is 2.42. The van der Waals surface area contributed by atoms with Gasteiger partial charge in [0.15, 0.2) is 5.84 Å². The Labute approximate surface area is 110 Å². The molecule has 1 atom stereocenters. The molecule has 0 spiro atoms. The Kier molecular flexibility index (Phi) is 4.82. The van der Waals surface area contributed by atoms with Gasteiger partial charge in [-0.25, -0.2) is 4.39 Å². The first-order chi connectivity index (χ1) is 8.75. The molecule has 9 heteroatoms. The molecule has 1 aromatic carbocycles. The van der Waals surface area contributed by atoms with E-state index in [1.807, 2.05) is 0 Å². The predicted octanol–water partition coefficient (Wildman–Crippen LogP) is 2.82. The lowest BCUT2D eigenvalue weighted by Crippen LogP contribution is -2.40. The third-order valence-corrected chi connectivity index (χ3v) is 2.60. The van der Waals surface area contributed by atoms with Crippen molar-refractivity contribution in [2.45, 2.75) is 6.18 Å². The van der Waals surface area contributed by atoms with Crippen molar-refractivity contribution < 1.29 is 22.8 Å². The number of halogens is 5. The molecule has 106 valence electrons. The highest BCUT2D eigenvalue weighted by molar-refractivity contribution is 6.30. The topological polar surface area (TPSA) is 70.6 Å². The summed E-state index contributed by atoms with van der Waals surface area (Å²) in [5.41, 5.74) is 5.07. The SMILES string of the molecule is N/C(=N/O)C(CNc1ccc(Cl)c(F)c1)C(F)(F)F. The summed E-state index contributed by atoms with van der Waals surface area (Å²) < 4.78 is 50.9. The average molecular weight is 300 g/mol. The van der Waals surface area contributed by atoms with Crippen molar-refractivity contribution >= 4 is 23.1 Å². The number of amidine groups is 1. The van der Waals surface area contributed by atoms with Gasteiger partial charge >= 0.3 is 6.18 Å². The minimum Gasteiger partial charge on any atom is -0.409 e. The summed E-state index contributed by atoms with van der Waals surface area (Å²) >= 11 is 5.43. The number of hydrogen-bond acceptors (Lipinski definition) is 3. The maximum atomic E-state index is 13.1. The van der Waals surface area contributed by atoms with E-state index in [4.69, 9.17) is 22.5 Å². The number of nitrogens with zero attached hydrogens (tertiary/aromatic N) is 1. The van der Waals surface area contributed by atoms with Crippen LogP contribution >= 0.6 is 11.6 Å². The molecule has 0 heterocycles. The third-order valence-electron chi connectivity index (χ3n) is 2.30. The molecule has 0 aliphatic carbocycles. The quantitative estimate of drug-likeness (QED) is 0.263. The second-order valence-corrected chi connectivity index (χ2v) is 4.04. The van der Waals surface area contributed by atoms with Crippen LogP contribution in [0.5, 0.6) is 0 Å². The van der Waals surface area contributed by atoms with Crippen LogP contribution in [0.15, 0.2) is 23.4 Å². The second-order valence-electron chi connectivity index (χ2n) is 3.63. The van der Waals surface area contributed by atoms with Gasteiger partial charge in [-0.2, -0.15) is 13.2 Å². The predicted molar refractivity (Wildman–Crippen MR) is 62.9 cm³/mol. The summed E-state index contributed by atoms with van der Waals surface area (Å²) in [5, 5.41) is 12.8. The van der Waals surface area contributed by atoms with E-state index in [0.29, 0.717) is 0 Å². The summed E-state index contributed by atoms with van der Waals surface area (Å²) in [7, 11) is 0. The summed E-state index contributed by atoms with van der Waals surface area (Å²) in [4.78, 5) is 0. The first-order valence-electron chi connectivity index (χ1n) is 4.98. The molecule has 0 saturated heterocycles. The van der Waals surface area contributed by atoms with E-state index in [1.54, 1.807) is 0 Å². The Hall–Kier alpha value is -1.70. The Morgan fingerprint density at radius 1 is 1.47 bits per heavy atom. The fourth-order valence-corrected chi connectivity index (χ4v) is 1.40. The van der Waals surface area contributed by atoms with Gasteiger partial charge in [0.1, 0.15) is 11.7 Å². The Morgan fingerprint density at radius 2 is 2.11 bits per heavy atom. The third kappa shape index (κ3) is 4.16. The molecule has 4 N–H and O–H groups in total. The molecule has 0 aliphatic heterocycles. The molecule has 1 unspecified atom stereocenters. The zero-order valence-electron chi connectivity index (χ0n) is 9.38. The Balaban J connectivity index is 2.79. The normalized spacial score (nSPS) is 14.3. The van der Waals surface area contributed by atoms with Crippen LogP contribution < -0.4 is 11.1 Å². The summed E-state index contributed by atoms with van der Waals surface area (Å²) in [5.74, 6) is -3.93. The van der Waals surface area contributed by atoms with Crippen LogP contribution in [0.25, 0.3) is 0 Å². The molecule has 0 bridgehead atoms. The van der Waals surface area contributed by atoms with Crippen molar-refractivity contribution in [2.24, 2.45) is 16.8 Å². The molecular weight excluding hydrogens is 290 g/mol. The van der Waals surface area contributed by atoms with Gasteiger partial charge in [-0.1, -0.05) is 16.8 Å². The van der Waals surface area contributed by atoms with Gasteiger partial charge in [0.2, 0.25) is 0 Å². The van der Waals surface area contributed by atoms with Crippen LogP contribution in [0.4, 0.5) is 23.2 Å². The van der Waals surface area contributed by atoms with E-state index in [0.717, 1.165) is 6.07 Å². The highest BCUT2D eigenvalue weighted by Crippen LogP contribution is 2.27. The van der Waals surface area contributed by atoms with Crippen molar-refractivity contribution in [1.29, 1.82) is 0 Å². The van der Waals surface area contributed by atoms with Crippen molar-refractivity contribution in [1.82, 2.24) is 0 Å². The Morgan fingerprint density at radius 3 is 2.58 bits per heavy atom. The van der Waals surface area contributed by atoms with Crippen LogP contribution in [-0.2, 0) is 0 Å². The number of anilines is 1. The summed E-state index contributed by atoms with van der Waals surface area (Å²) in [6, 6.07) is 3.46. The van der Waals surface area contributed by atoms with E-state index in [-0.39, 0.29) is 10.7 Å². The minimum atomic E-state index is -4.69. The van der Waals surface area contributed by atoms with Gasteiger partial charge in [-0.05, 0) is 18.2 Å². The molecular formula is C10H10ClF4N3O. The Bertz CT molecular complexity index is 478. The zero-order valence-corrected chi connectivity index (χ0v) is 10.1. The average Bonchev–Trinajstić information content (AvgIpc) is 2.31. The van der Waals surface area contributed by atoms with E-state index in [1.165, 1.54) is 12.1 Å². The van der Waals surface area contributed by atoms with Gasteiger partial charge in [0.25, 0.3) is 0 Å². The van der Waals surface area contributed by atoms with Crippen molar-refractivity contribution in [3.63, 3.8) is 0 Å². The molecule has 0 amide bonds. The molecule has 0 saturated carbocycles. The summed E-state index contributed by atoms with van der Waals surface area (Å²) in [6.45, 7) is -0.694. The van der Waals surface area contributed by atoms with Gasteiger partial charge in [0, 0.05) is 12.2 Å². The molecule has 19 heavy (non-hydrogen) atoms. The maximum absolute atomic E-state index is 13.1. The lowest BCUT2D eigenvalue weighted by atomic mass is 10.1. The fraction of sp³-hybridized carbons (Fsp3) is 0.300. The van der Waals surface area contributed by atoms with Crippen LogP contribution in [0.3, 0.4) is 0 Å². The van der Waals surface area contributed by atoms with Crippen molar-refractivity contribution in [3.8, 4) is 0 Å². The fourth-order valence-electron chi connectivity index (χ4n) is 1.28. The lowest BCUT2D eigenvalue weighted by Gasteiger charge is -2.19. The van der Waals surface area contributed by atoms with E-state index in [2.05, 4.69) is 10.5 Å². The summed E-state index contributed by atoms with van der Waals surface area (Å²) in [6.07, 6.45) is -4.69. The number of rotatable bonds is 4. The molecule has 0 radical (unpaired) electrons. The molecule has 0 fully saturated rings. The van der Waals surface area contributed by atoms with E-state index >= 15 is 0 Å². The van der Waals surface area contributed by atoms with Gasteiger partial charge in [-0.3, -0.25) is 0 Å². The number of nitrogens with two attached hydrogens (primary N) is 1. The number of alkyl halides is 3. The standard InChI is InChI=1S/C10H10ClF4N3O/c11-7-2-1-5(3-8(7)12)17-4-6(9(16)18-19)10(13,14)15/h1-3,6,17,19H,4H2,(H2,16,18). The molecule has 0 aromatic heterocycles. The van der Waals surface area contributed by atoms with Gasteiger partial charge < -0.3 is 16.3 Å². The zero-order chi connectivity index (χ0) is 14.6. The molecule has 0 aliphatic rings. The molecule has 1 aromatic rings. The maximum Gasteiger partial charge on any atom is 0.400 e.